The molecule has 0 amide bonds. The molecule has 0 radical (unpaired) electrons. The van der Waals surface area contributed by atoms with Gasteiger partial charge in [0, 0.05) is 118 Å². The molecule has 0 saturated heterocycles. The molecular formula is C100H70B2N6O2. The molecule has 0 spiro atoms. The Morgan fingerprint density at radius 2 is 0.682 bits per heavy atom. The average Bonchev–Trinajstić information content (AvgIpc) is 0.990. The van der Waals surface area contributed by atoms with Crippen LogP contribution in [0.1, 0.15) is 26.3 Å². The normalized spacial score (nSPS) is 13.1. The van der Waals surface area contributed by atoms with E-state index in [9.17, 15) is 0 Å². The smallest absolute Gasteiger partial charge is 0.252 e. The molecule has 0 saturated carbocycles. The van der Waals surface area contributed by atoms with Gasteiger partial charge in [-0.15, -0.1) is 0 Å². The van der Waals surface area contributed by atoms with E-state index >= 15 is 0 Å². The highest BCUT2D eigenvalue weighted by Gasteiger charge is 2.46. The Bertz CT molecular complexity index is 6700. The van der Waals surface area contributed by atoms with Gasteiger partial charge < -0.3 is 38.2 Å². The molecule has 0 fully saturated rings. The van der Waals surface area contributed by atoms with Crippen molar-refractivity contribution >= 4 is 192 Å². The standard InChI is InChI=1S/C100H70B2N6O2/c1-100(2,3)67-48-50-73(51-49-67)107-88-44-26-43-87-97(88)101(81-39-20-22-41-85(81)105(87)70-31-13-6-14-32-70)83-56-52-75(63-90(83)107)103(68-27-9-4-10-28-68)74-54-58-95-80(62-74)78-55-47-65(61-96(78)109-95)66-59-92-98-93(60-66)108(72-35-17-8-18-36-72)91-64-76(53-57-84(91)102(98)82-40-21-23-42-86(82)106(92)71-33-15-7-16-34-71)104(69-29-11-5-12-30-69)89-45-25-38-79-77-37-19-24-46-94(77)110-99(79)89/h4-64H,1-3H3. The highest BCUT2D eigenvalue weighted by atomic mass is 16.3. The maximum absolute atomic E-state index is 7.13. The third-order valence-electron chi connectivity index (χ3n) is 23.1. The number of hydrogen-bond acceptors (Lipinski definition) is 8. The first kappa shape index (κ1) is 63.3. The Balaban J connectivity index is 0.701. The Hall–Kier alpha value is -14.0. The molecule has 8 nitrogen and oxygen atoms in total. The fourth-order valence-corrected chi connectivity index (χ4v) is 18.2. The first-order valence-electron chi connectivity index (χ1n) is 38.0. The van der Waals surface area contributed by atoms with Gasteiger partial charge in [0.1, 0.15) is 16.7 Å². The van der Waals surface area contributed by atoms with Gasteiger partial charge in [-0.1, -0.05) is 215 Å². The van der Waals surface area contributed by atoms with Crippen LogP contribution in [-0.4, -0.2) is 13.4 Å². The minimum absolute atomic E-state index is 0.0157. The van der Waals surface area contributed by atoms with Crippen LogP contribution in [0, 0.1) is 0 Å². The van der Waals surface area contributed by atoms with Gasteiger partial charge in [-0.3, -0.25) is 0 Å². The summed E-state index contributed by atoms with van der Waals surface area (Å²) < 4.78 is 14.0. The zero-order valence-electron chi connectivity index (χ0n) is 60.9. The maximum Gasteiger partial charge on any atom is 0.252 e. The third kappa shape index (κ3) is 9.88. The van der Waals surface area contributed by atoms with Crippen LogP contribution in [0.2, 0.25) is 0 Å². The number of fused-ring (bicyclic) bond motifs is 14. The van der Waals surface area contributed by atoms with Crippen molar-refractivity contribution in [2.75, 3.05) is 29.4 Å². The lowest BCUT2D eigenvalue weighted by molar-refractivity contribution is 0.590. The van der Waals surface area contributed by atoms with E-state index in [0.29, 0.717) is 0 Å². The number of para-hydroxylation sites is 9. The zero-order chi connectivity index (χ0) is 72.9. The predicted octanol–water partition coefficient (Wildman–Crippen LogP) is 23.6. The summed E-state index contributed by atoms with van der Waals surface area (Å²) in [7, 11) is 0. The van der Waals surface area contributed by atoms with Crippen LogP contribution in [0.4, 0.5) is 102 Å². The van der Waals surface area contributed by atoms with Gasteiger partial charge in [0.2, 0.25) is 0 Å². The van der Waals surface area contributed by atoms with Gasteiger partial charge in [-0.2, -0.15) is 0 Å². The summed E-state index contributed by atoms with van der Waals surface area (Å²) in [6.45, 7) is 6.72. The Kier molecular flexibility index (Phi) is 14.3. The summed E-state index contributed by atoms with van der Waals surface area (Å²) in [6.07, 6.45) is 0. The summed E-state index contributed by atoms with van der Waals surface area (Å²) in [5.41, 5.74) is 33.8. The second-order valence-corrected chi connectivity index (χ2v) is 30.3. The van der Waals surface area contributed by atoms with Crippen LogP contribution >= 0.6 is 0 Å². The van der Waals surface area contributed by atoms with Crippen molar-refractivity contribution in [3.8, 4) is 11.1 Å². The summed E-state index contributed by atoms with van der Waals surface area (Å²) >= 11 is 0. The molecule has 10 heteroatoms. The van der Waals surface area contributed by atoms with E-state index in [-0.39, 0.29) is 18.8 Å². The molecule has 16 aromatic carbocycles. The van der Waals surface area contributed by atoms with Crippen molar-refractivity contribution in [2.45, 2.75) is 26.2 Å². The number of anilines is 18. The molecule has 0 bridgehead atoms. The van der Waals surface area contributed by atoms with Gasteiger partial charge >= 0.3 is 0 Å². The molecule has 6 heterocycles. The van der Waals surface area contributed by atoms with E-state index in [1.807, 2.05) is 6.07 Å². The van der Waals surface area contributed by atoms with Gasteiger partial charge in [-0.05, 0) is 231 Å². The van der Waals surface area contributed by atoms with E-state index < -0.39 is 0 Å². The average molecular weight is 1410 g/mol. The lowest BCUT2D eigenvalue weighted by atomic mass is 9.33. The molecule has 4 aliphatic heterocycles. The molecule has 0 unspecified atom stereocenters. The fraction of sp³-hybridized carbons (Fsp3) is 0.0400. The Morgan fingerprint density at radius 3 is 1.28 bits per heavy atom. The molecule has 2 aromatic heterocycles. The first-order chi connectivity index (χ1) is 54.2. The third-order valence-corrected chi connectivity index (χ3v) is 23.1. The highest BCUT2D eigenvalue weighted by molar-refractivity contribution is 7.01. The summed E-state index contributed by atoms with van der Waals surface area (Å²) in [5, 5.41) is 4.23. The lowest BCUT2D eigenvalue weighted by Gasteiger charge is -2.44. The van der Waals surface area contributed by atoms with Crippen molar-refractivity contribution < 1.29 is 8.83 Å². The summed E-state index contributed by atoms with van der Waals surface area (Å²) in [4.78, 5) is 14.7. The number of furan rings is 2. The maximum atomic E-state index is 7.13. The quantitative estimate of drug-likeness (QED) is 0.119. The van der Waals surface area contributed by atoms with Gasteiger partial charge in [-0.25, -0.2) is 0 Å². The highest BCUT2D eigenvalue weighted by Crippen LogP contribution is 2.52. The molecule has 110 heavy (non-hydrogen) atoms. The van der Waals surface area contributed by atoms with E-state index in [4.69, 9.17) is 8.83 Å². The molecule has 0 aliphatic carbocycles. The first-order valence-corrected chi connectivity index (χ1v) is 38.0. The van der Waals surface area contributed by atoms with Crippen LogP contribution < -0.4 is 62.2 Å². The van der Waals surface area contributed by atoms with Crippen molar-refractivity contribution in [1.29, 1.82) is 0 Å². The Morgan fingerprint density at radius 1 is 0.255 bits per heavy atom. The van der Waals surface area contributed by atoms with Crippen LogP contribution in [-0.2, 0) is 5.41 Å². The predicted molar refractivity (Wildman–Crippen MR) is 463 cm³/mol. The van der Waals surface area contributed by atoms with E-state index in [1.165, 1.54) is 55.4 Å². The van der Waals surface area contributed by atoms with Crippen molar-refractivity contribution in [3.05, 3.63) is 376 Å². The lowest BCUT2D eigenvalue weighted by Crippen LogP contribution is -2.61. The number of nitrogens with zero attached hydrogens (tertiary/aromatic N) is 6. The molecule has 0 atom stereocenters. The molecule has 18 aromatic rings. The monoisotopic (exact) mass is 1410 g/mol. The number of benzene rings is 16. The minimum Gasteiger partial charge on any atom is -0.456 e. The van der Waals surface area contributed by atoms with Crippen LogP contribution in [0.25, 0.3) is 55.0 Å². The summed E-state index contributed by atoms with van der Waals surface area (Å²) in [5.74, 6) is 0. The van der Waals surface area contributed by atoms with E-state index in [2.05, 4.69) is 414 Å². The molecule has 0 N–H and O–H groups in total. The van der Waals surface area contributed by atoms with Gasteiger partial charge in [0.15, 0.2) is 5.58 Å². The topological polar surface area (TPSA) is 45.7 Å². The zero-order valence-corrected chi connectivity index (χ0v) is 60.9. The van der Waals surface area contributed by atoms with Gasteiger partial charge in [0.25, 0.3) is 13.4 Å². The number of rotatable bonds is 11. The largest absolute Gasteiger partial charge is 0.456 e. The number of hydrogen-bond donors (Lipinski definition) is 0. The van der Waals surface area contributed by atoms with Crippen molar-refractivity contribution in [3.63, 3.8) is 0 Å². The Labute approximate surface area is 639 Å². The van der Waals surface area contributed by atoms with Crippen LogP contribution in [0.5, 0.6) is 0 Å². The molecular weight excluding hydrogens is 1340 g/mol. The van der Waals surface area contributed by atoms with Crippen molar-refractivity contribution in [1.82, 2.24) is 0 Å². The van der Waals surface area contributed by atoms with Crippen molar-refractivity contribution in [2.24, 2.45) is 0 Å². The van der Waals surface area contributed by atoms with Crippen LogP contribution in [0.15, 0.2) is 379 Å². The summed E-state index contributed by atoms with van der Waals surface area (Å²) in [6, 6.07) is 136. The second-order valence-electron chi connectivity index (χ2n) is 30.3. The second kappa shape index (κ2) is 24.8. The van der Waals surface area contributed by atoms with E-state index in [0.717, 1.165) is 140 Å². The molecule has 4 aliphatic rings. The minimum atomic E-state index is -0.118. The SMILES string of the molecule is CC(C)(C)c1ccc(N2c3cc(N(c4ccccc4)c4ccc5oc6cc(-c7cc8c9c(c7)N(c7ccccc7)c7cc(N(c%10ccccc%10)c%10cccc%11c%10oc%10ccccc%10%11)ccc7B9c7ccccc7N8c7ccccc7)ccc6c5c4)ccc3B3c4ccccc4N(c4ccccc4)c4cccc2c43)cc1. The van der Waals surface area contributed by atoms with Crippen LogP contribution in [0.3, 0.4) is 0 Å². The van der Waals surface area contributed by atoms with Gasteiger partial charge in [0.05, 0.1) is 5.69 Å². The molecule has 22 rings (SSSR count). The fourth-order valence-electron chi connectivity index (χ4n) is 18.2. The molecule has 518 valence electrons. The van der Waals surface area contributed by atoms with E-state index in [1.54, 1.807) is 0 Å².